The van der Waals surface area contributed by atoms with Crippen LogP contribution in [0.15, 0.2) is 40.9 Å². The zero-order valence-electron chi connectivity index (χ0n) is 12.1. The number of rotatable bonds is 3. The Morgan fingerprint density at radius 2 is 1.68 bits per heavy atom. The molecule has 1 unspecified atom stereocenters. The molecule has 1 N–H and O–H groups in total. The molecular formula is C17H22BrN. The number of fused-ring (bicyclic) bond motifs is 1. The lowest BCUT2D eigenvalue weighted by molar-refractivity contribution is 0.277. The predicted octanol–water partition coefficient (Wildman–Crippen LogP) is 5.30. The van der Waals surface area contributed by atoms with Crippen molar-refractivity contribution in [1.29, 1.82) is 0 Å². The quantitative estimate of drug-likeness (QED) is 0.809. The van der Waals surface area contributed by atoms with Crippen molar-refractivity contribution in [3.8, 4) is 0 Å². The molecule has 0 saturated heterocycles. The first-order valence-electron chi connectivity index (χ1n) is 6.84. The molecule has 2 aromatic carbocycles. The van der Waals surface area contributed by atoms with Gasteiger partial charge >= 0.3 is 0 Å². The molecule has 0 spiro atoms. The summed E-state index contributed by atoms with van der Waals surface area (Å²) >= 11 is 3.52. The zero-order chi connectivity index (χ0) is 14.0. The van der Waals surface area contributed by atoms with Crippen molar-refractivity contribution < 1.29 is 0 Å². The molecule has 0 amide bonds. The molecule has 0 aliphatic heterocycles. The Morgan fingerprint density at radius 1 is 1.05 bits per heavy atom. The fourth-order valence-electron chi connectivity index (χ4n) is 2.54. The van der Waals surface area contributed by atoms with E-state index in [1.807, 2.05) is 0 Å². The Kier molecular flexibility index (Phi) is 4.32. The van der Waals surface area contributed by atoms with Gasteiger partial charge < -0.3 is 5.32 Å². The summed E-state index contributed by atoms with van der Waals surface area (Å²) in [6, 6.07) is 13.6. The van der Waals surface area contributed by atoms with Gasteiger partial charge in [-0.1, -0.05) is 61.8 Å². The van der Waals surface area contributed by atoms with Gasteiger partial charge in [-0.15, -0.1) is 0 Å². The summed E-state index contributed by atoms with van der Waals surface area (Å²) in [5, 5.41) is 6.18. The summed E-state index contributed by atoms with van der Waals surface area (Å²) in [5.41, 5.74) is 1.57. The van der Waals surface area contributed by atoms with Gasteiger partial charge in [0.1, 0.15) is 0 Å². The summed E-state index contributed by atoms with van der Waals surface area (Å²) in [7, 11) is 0. The van der Waals surface area contributed by atoms with Crippen LogP contribution in [0.5, 0.6) is 0 Å². The van der Waals surface area contributed by atoms with Gasteiger partial charge in [0.15, 0.2) is 0 Å². The molecule has 2 heteroatoms. The minimum absolute atomic E-state index is 0.207. The summed E-state index contributed by atoms with van der Waals surface area (Å²) in [5.74, 6) is 0. The summed E-state index contributed by atoms with van der Waals surface area (Å²) < 4.78 is 1.13. The van der Waals surface area contributed by atoms with Gasteiger partial charge in [0, 0.05) is 10.5 Å². The van der Waals surface area contributed by atoms with Gasteiger partial charge in [0.25, 0.3) is 0 Å². The van der Waals surface area contributed by atoms with Gasteiger partial charge in [-0.3, -0.25) is 0 Å². The van der Waals surface area contributed by atoms with Crippen molar-refractivity contribution in [2.24, 2.45) is 5.41 Å². The van der Waals surface area contributed by atoms with E-state index in [1.165, 1.54) is 16.3 Å². The molecule has 0 bridgehead atoms. The molecule has 102 valence electrons. The van der Waals surface area contributed by atoms with Gasteiger partial charge in [-0.25, -0.2) is 0 Å². The first kappa shape index (κ1) is 14.5. The minimum Gasteiger partial charge on any atom is -0.310 e. The van der Waals surface area contributed by atoms with Crippen molar-refractivity contribution >= 4 is 26.7 Å². The number of nitrogens with one attached hydrogen (secondary N) is 1. The lowest BCUT2D eigenvalue weighted by Gasteiger charge is -2.32. The third-order valence-electron chi connectivity index (χ3n) is 3.43. The van der Waals surface area contributed by atoms with E-state index in [4.69, 9.17) is 0 Å². The van der Waals surface area contributed by atoms with Crippen LogP contribution in [-0.2, 0) is 0 Å². The van der Waals surface area contributed by atoms with Crippen LogP contribution in [-0.4, -0.2) is 6.54 Å². The van der Waals surface area contributed by atoms with Crippen LogP contribution in [0.25, 0.3) is 10.8 Å². The second kappa shape index (κ2) is 5.64. The summed E-state index contributed by atoms with van der Waals surface area (Å²) in [6.07, 6.45) is 0. The first-order valence-corrected chi connectivity index (χ1v) is 7.63. The van der Waals surface area contributed by atoms with Gasteiger partial charge in [-0.05, 0) is 46.5 Å². The van der Waals surface area contributed by atoms with Gasteiger partial charge in [0.2, 0.25) is 0 Å². The van der Waals surface area contributed by atoms with E-state index in [-0.39, 0.29) is 5.41 Å². The zero-order valence-corrected chi connectivity index (χ0v) is 13.7. The van der Waals surface area contributed by atoms with E-state index >= 15 is 0 Å². The van der Waals surface area contributed by atoms with Crippen LogP contribution in [0.1, 0.15) is 39.3 Å². The smallest absolute Gasteiger partial charge is 0.0369 e. The van der Waals surface area contributed by atoms with Gasteiger partial charge in [-0.2, -0.15) is 0 Å². The Morgan fingerprint density at radius 3 is 2.32 bits per heavy atom. The molecule has 0 saturated carbocycles. The third-order valence-corrected chi connectivity index (χ3v) is 3.93. The summed E-state index contributed by atoms with van der Waals surface area (Å²) in [6.45, 7) is 10.0. The lowest BCUT2D eigenvalue weighted by Crippen LogP contribution is -2.32. The van der Waals surface area contributed by atoms with Crippen molar-refractivity contribution in [1.82, 2.24) is 5.32 Å². The van der Waals surface area contributed by atoms with E-state index in [0.29, 0.717) is 6.04 Å². The Balaban J connectivity index is 2.46. The highest BCUT2D eigenvalue weighted by Gasteiger charge is 2.25. The SMILES string of the molecule is CCNC(c1ccc2cc(Br)ccc2c1)C(C)(C)C. The molecule has 0 aromatic heterocycles. The van der Waals surface area contributed by atoms with Crippen LogP contribution in [0.4, 0.5) is 0 Å². The van der Waals surface area contributed by atoms with E-state index in [1.54, 1.807) is 0 Å². The highest BCUT2D eigenvalue weighted by atomic mass is 79.9. The van der Waals surface area contributed by atoms with Crippen molar-refractivity contribution in [3.63, 3.8) is 0 Å². The van der Waals surface area contributed by atoms with Crippen molar-refractivity contribution in [2.45, 2.75) is 33.7 Å². The number of benzene rings is 2. The van der Waals surface area contributed by atoms with Crippen LogP contribution >= 0.6 is 15.9 Å². The normalized spacial score (nSPS) is 13.7. The maximum absolute atomic E-state index is 3.61. The third kappa shape index (κ3) is 3.37. The molecule has 1 atom stereocenters. The Labute approximate surface area is 124 Å². The largest absolute Gasteiger partial charge is 0.310 e. The average molecular weight is 320 g/mol. The second-order valence-corrected chi connectivity index (χ2v) is 7.02. The molecule has 0 aliphatic rings. The van der Waals surface area contributed by atoms with Gasteiger partial charge in [0.05, 0.1) is 0 Å². The number of hydrogen-bond donors (Lipinski definition) is 1. The van der Waals surface area contributed by atoms with Crippen LogP contribution < -0.4 is 5.32 Å². The number of hydrogen-bond acceptors (Lipinski definition) is 1. The molecule has 0 aliphatic carbocycles. The first-order chi connectivity index (χ1) is 8.91. The highest BCUT2D eigenvalue weighted by Crippen LogP contribution is 2.34. The molecular weight excluding hydrogens is 298 g/mol. The summed E-state index contributed by atoms with van der Waals surface area (Å²) in [4.78, 5) is 0. The van der Waals surface area contributed by atoms with E-state index in [9.17, 15) is 0 Å². The van der Waals surface area contributed by atoms with Crippen LogP contribution in [0.3, 0.4) is 0 Å². The molecule has 0 radical (unpaired) electrons. The van der Waals surface area contributed by atoms with E-state index in [0.717, 1.165) is 11.0 Å². The standard InChI is InChI=1S/C17H22BrN/c1-5-19-16(17(2,3)4)14-7-6-13-11-15(18)9-8-12(13)10-14/h6-11,16,19H,5H2,1-4H3. The topological polar surface area (TPSA) is 12.0 Å². The fourth-order valence-corrected chi connectivity index (χ4v) is 2.92. The Hall–Kier alpha value is -0.860. The second-order valence-electron chi connectivity index (χ2n) is 6.11. The predicted molar refractivity (Wildman–Crippen MR) is 87.5 cm³/mol. The maximum atomic E-state index is 3.61. The van der Waals surface area contributed by atoms with Crippen molar-refractivity contribution in [3.05, 3.63) is 46.4 Å². The maximum Gasteiger partial charge on any atom is 0.0369 e. The Bertz CT molecular complexity index is 569. The molecule has 2 rings (SSSR count). The molecule has 0 heterocycles. The number of halogens is 1. The van der Waals surface area contributed by atoms with E-state index in [2.05, 4.69) is 85.3 Å². The minimum atomic E-state index is 0.207. The fraction of sp³-hybridized carbons (Fsp3) is 0.412. The molecule has 1 nitrogen and oxygen atoms in total. The van der Waals surface area contributed by atoms with Crippen LogP contribution in [0, 0.1) is 5.41 Å². The molecule has 2 aromatic rings. The monoisotopic (exact) mass is 319 g/mol. The van der Waals surface area contributed by atoms with Crippen molar-refractivity contribution in [2.75, 3.05) is 6.54 Å². The lowest BCUT2D eigenvalue weighted by atomic mass is 9.82. The van der Waals surface area contributed by atoms with Crippen LogP contribution in [0.2, 0.25) is 0 Å². The average Bonchev–Trinajstić information content (AvgIpc) is 2.34. The highest BCUT2D eigenvalue weighted by molar-refractivity contribution is 9.10. The molecule has 0 fully saturated rings. The van der Waals surface area contributed by atoms with E-state index < -0.39 is 0 Å². The molecule has 19 heavy (non-hydrogen) atoms.